The Labute approximate surface area is 138 Å². The van der Waals surface area contributed by atoms with Gasteiger partial charge in [-0.3, -0.25) is 0 Å². The van der Waals surface area contributed by atoms with Crippen molar-refractivity contribution >= 4 is 27.3 Å². The van der Waals surface area contributed by atoms with E-state index in [0.717, 1.165) is 23.3 Å². The van der Waals surface area contributed by atoms with Crippen molar-refractivity contribution in [3.8, 4) is 0 Å². The third-order valence-corrected chi connectivity index (χ3v) is 5.01. The van der Waals surface area contributed by atoms with Crippen molar-refractivity contribution in [3.05, 3.63) is 56.4 Å². The van der Waals surface area contributed by atoms with Crippen LogP contribution in [0.4, 0.5) is 4.39 Å². The number of benzene rings is 1. The molecule has 1 unspecified atom stereocenters. The van der Waals surface area contributed by atoms with Crippen molar-refractivity contribution in [2.24, 2.45) is 5.92 Å². The van der Waals surface area contributed by atoms with E-state index in [1.807, 2.05) is 12.1 Å². The van der Waals surface area contributed by atoms with Crippen LogP contribution in [0.15, 0.2) is 40.2 Å². The monoisotopic (exact) mass is 369 g/mol. The Morgan fingerprint density at radius 3 is 2.38 bits per heavy atom. The molecule has 0 saturated heterocycles. The minimum atomic E-state index is -0.175. The molecule has 1 aromatic carbocycles. The summed E-state index contributed by atoms with van der Waals surface area (Å²) in [5.74, 6) is 0.830. The third kappa shape index (κ3) is 5.53. The summed E-state index contributed by atoms with van der Waals surface area (Å²) in [6.07, 6.45) is 0.979. The quantitative estimate of drug-likeness (QED) is 0.705. The molecule has 1 heterocycles. The normalized spacial score (nSPS) is 12.8. The van der Waals surface area contributed by atoms with Crippen LogP contribution in [-0.2, 0) is 6.42 Å². The molecule has 1 atom stereocenters. The zero-order chi connectivity index (χ0) is 15.2. The summed E-state index contributed by atoms with van der Waals surface area (Å²) in [6.45, 7) is 6.33. The summed E-state index contributed by atoms with van der Waals surface area (Å²) >= 11 is 5.28. The molecule has 114 valence electrons. The molecule has 21 heavy (non-hydrogen) atoms. The highest BCUT2D eigenvalue weighted by molar-refractivity contribution is 9.11. The second-order valence-corrected chi connectivity index (χ2v) is 8.26. The van der Waals surface area contributed by atoms with Crippen LogP contribution in [0, 0.1) is 11.7 Å². The van der Waals surface area contributed by atoms with Crippen LogP contribution in [-0.4, -0.2) is 13.1 Å². The minimum Gasteiger partial charge on any atom is -0.316 e. The zero-order valence-electron chi connectivity index (χ0n) is 12.4. The van der Waals surface area contributed by atoms with Crippen molar-refractivity contribution in [1.29, 1.82) is 0 Å². The molecule has 4 heteroatoms. The van der Waals surface area contributed by atoms with E-state index >= 15 is 0 Å². The molecular formula is C17H21BrFNS. The van der Waals surface area contributed by atoms with Gasteiger partial charge in [-0.25, -0.2) is 4.39 Å². The van der Waals surface area contributed by atoms with Crippen LogP contribution >= 0.6 is 27.3 Å². The number of halogens is 2. The van der Waals surface area contributed by atoms with Crippen molar-refractivity contribution in [1.82, 2.24) is 5.32 Å². The molecule has 2 aromatic rings. The van der Waals surface area contributed by atoms with Gasteiger partial charge in [0.2, 0.25) is 0 Å². The largest absolute Gasteiger partial charge is 0.316 e. The van der Waals surface area contributed by atoms with Crippen LogP contribution in [0.3, 0.4) is 0 Å². The van der Waals surface area contributed by atoms with Gasteiger partial charge in [0, 0.05) is 17.3 Å². The van der Waals surface area contributed by atoms with E-state index in [2.05, 4.69) is 47.2 Å². The van der Waals surface area contributed by atoms with E-state index in [4.69, 9.17) is 0 Å². The predicted molar refractivity (Wildman–Crippen MR) is 92.6 cm³/mol. The standard InChI is InChI=1S/C17H21BrFNS/c1-12(2)10-20-11-14(9-16-7-8-17(18)21-16)13-3-5-15(19)6-4-13/h3-8,12,14,20H,9-11H2,1-2H3. The Bertz CT molecular complexity index is 550. The zero-order valence-corrected chi connectivity index (χ0v) is 14.8. The van der Waals surface area contributed by atoms with Crippen LogP contribution in [0.2, 0.25) is 0 Å². The maximum absolute atomic E-state index is 13.1. The molecule has 0 fully saturated rings. The van der Waals surface area contributed by atoms with E-state index < -0.39 is 0 Å². The van der Waals surface area contributed by atoms with Gasteiger partial charge < -0.3 is 5.32 Å². The summed E-state index contributed by atoms with van der Waals surface area (Å²) in [4.78, 5) is 1.35. The SMILES string of the molecule is CC(C)CNCC(Cc1ccc(Br)s1)c1ccc(F)cc1. The first-order valence-electron chi connectivity index (χ1n) is 7.25. The van der Waals surface area contributed by atoms with E-state index in [0.29, 0.717) is 11.8 Å². The fraction of sp³-hybridized carbons (Fsp3) is 0.412. The highest BCUT2D eigenvalue weighted by atomic mass is 79.9. The predicted octanol–water partition coefficient (Wildman–Crippen LogP) is 5.22. The molecule has 0 saturated carbocycles. The van der Waals surface area contributed by atoms with Gasteiger partial charge in [0.25, 0.3) is 0 Å². The maximum atomic E-state index is 13.1. The molecule has 0 aliphatic heterocycles. The first-order valence-corrected chi connectivity index (χ1v) is 8.86. The number of nitrogens with one attached hydrogen (secondary N) is 1. The Hall–Kier alpha value is -0.710. The van der Waals surface area contributed by atoms with Gasteiger partial charge in [0.15, 0.2) is 0 Å². The van der Waals surface area contributed by atoms with Crippen LogP contribution in [0.1, 0.15) is 30.2 Å². The Kier molecular flexibility index (Phi) is 6.40. The summed E-state index contributed by atoms with van der Waals surface area (Å²) < 4.78 is 14.3. The van der Waals surface area contributed by atoms with Crippen molar-refractivity contribution in [2.75, 3.05) is 13.1 Å². The minimum absolute atomic E-state index is 0.175. The van der Waals surface area contributed by atoms with Crippen LogP contribution in [0.5, 0.6) is 0 Å². The van der Waals surface area contributed by atoms with Crippen molar-refractivity contribution < 1.29 is 4.39 Å². The Morgan fingerprint density at radius 2 is 1.81 bits per heavy atom. The molecule has 0 aliphatic rings. The summed E-state index contributed by atoms with van der Waals surface area (Å²) in [7, 11) is 0. The fourth-order valence-corrected chi connectivity index (χ4v) is 3.86. The average molecular weight is 370 g/mol. The molecule has 0 radical (unpaired) electrons. The molecule has 0 amide bonds. The first kappa shape index (κ1) is 16.7. The van der Waals surface area contributed by atoms with Gasteiger partial charge in [-0.05, 0) is 64.6 Å². The molecule has 2 rings (SSSR count). The second kappa shape index (κ2) is 8.06. The number of thiophene rings is 1. The van der Waals surface area contributed by atoms with Gasteiger partial charge in [-0.2, -0.15) is 0 Å². The first-order chi connectivity index (χ1) is 10.0. The van der Waals surface area contributed by atoms with E-state index in [1.54, 1.807) is 23.5 Å². The van der Waals surface area contributed by atoms with Gasteiger partial charge in [0.05, 0.1) is 3.79 Å². The van der Waals surface area contributed by atoms with Gasteiger partial charge >= 0.3 is 0 Å². The van der Waals surface area contributed by atoms with Gasteiger partial charge in [-0.1, -0.05) is 26.0 Å². The Morgan fingerprint density at radius 1 is 1.10 bits per heavy atom. The van der Waals surface area contributed by atoms with Crippen molar-refractivity contribution in [3.63, 3.8) is 0 Å². The lowest BCUT2D eigenvalue weighted by atomic mass is 9.94. The van der Waals surface area contributed by atoms with Crippen LogP contribution in [0.25, 0.3) is 0 Å². The lowest BCUT2D eigenvalue weighted by Gasteiger charge is -2.18. The van der Waals surface area contributed by atoms with Crippen LogP contribution < -0.4 is 5.32 Å². The van der Waals surface area contributed by atoms with E-state index in [-0.39, 0.29) is 5.82 Å². The number of hydrogen-bond donors (Lipinski definition) is 1. The smallest absolute Gasteiger partial charge is 0.123 e. The van der Waals surface area contributed by atoms with Crippen molar-refractivity contribution in [2.45, 2.75) is 26.2 Å². The average Bonchev–Trinajstić information content (AvgIpc) is 2.84. The summed E-state index contributed by atoms with van der Waals surface area (Å²) in [5, 5.41) is 3.52. The van der Waals surface area contributed by atoms with Gasteiger partial charge in [-0.15, -0.1) is 11.3 Å². The fourth-order valence-electron chi connectivity index (χ4n) is 2.29. The van der Waals surface area contributed by atoms with E-state index in [1.165, 1.54) is 10.4 Å². The van der Waals surface area contributed by atoms with E-state index in [9.17, 15) is 4.39 Å². The highest BCUT2D eigenvalue weighted by Crippen LogP contribution is 2.28. The maximum Gasteiger partial charge on any atom is 0.123 e. The molecule has 1 nitrogen and oxygen atoms in total. The molecule has 1 aromatic heterocycles. The summed E-state index contributed by atoms with van der Waals surface area (Å²) in [5.41, 5.74) is 1.19. The summed E-state index contributed by atoms with van der Waals surface area (Å²) in [6, 6.07) is 11.2. The van der Waals surface area contributed by atoms with Gasteiger partial charge in [0.1, 0.15) is 5.82 Å². The molecule has 0 aliphatic carbocycles. The Balaban J connectivity index is 2.07. The molecule has 0 bridgehead atoms. The molecule has 1 N–H and O–H groups in total. The highest BCUT2D eigenvalue weighted by Gasteiger charge is 2.14. The number of rotatable bonds is 7. The number of hydrogen-bond acceptors (Lipinski definition) is 2. The lowest BCUT2D eigenvalue weighted by molar-refractivity contribution is 0.514. The third-order valence-electron chi connectivity index (χ3n) is 3.36. The molecular weight excluding hydrogens is 349 g/mol. The topological polar surface area (TPSA) is 12.0 Å². The second-order valence-electron chi connectivity index (χ2n) is 5.71. The molecule has 0 spiro atoms. The lowest BCUT2D eigenvalue weighted by Crippen LogP contribution is -2.26.